The van der Waals surface area contributed by atoms with E-state index in [-0.39, 0.29) is 5.60 Å². The Morgan fingerprint density at radius 1 is 1.47 bits per heavy atom. The standard InChI is InChI=1S/C14H26O3/c1-11-6-5-7-14(10-11,12(15)16)8-9-17-13(2,3)4/h11H,5-10H2,1-4H3,(H,15,16). The van der Waals surface area contributed by atoms with Crippen LogP contribution in [-0.2, 0) is 9.53 Å². The van der Waals surface area contributed by atoms with Gasteiger partial charge in [0.15, 0.2) is 0 Å². The van der Waals surface area contributed by atoms with E-state index in [1.807, 2.05) is 20.8 Å². The zero-order valence-corrected chi connectivity index (χ0v) is 11.6. The van der Waals surface area contributed by atoms with Gasteiger partial charge < -0.3 is 9.84 Å². The van der Waals surface area contributed by atoms with E-state index in [1.165, 1.54) is 0 Å². The first-order chi connectivity index (χ1) is 7.75. The average Bonchev–Trinajstić information content (AvgIpc) is 2.15. The summed E-state index contributed by atoms with van der Waals surface area (Å²) in [6.07, 6.45) is 4.44. The second-order valence-corrected chi connectivity index (χ2v) is 6.50. The third-order valence-corrected chi connectivity index (χ3v) is 3.66. The van der Waals surface area contributed by atoms with Crippen LogP contribution >= 0.6 is 0 Å². The topological polar surface area (TPSA) is 46.5 Å². The maximum absolute atomic E-state index is 11.5. The predicted octanol–water partition coefficient (Wildman–Crippen LogP) is 3.47. The Morgan fingerprint density at radius 3 is 2.59 bits per heavy atom. The normalized spacial score (nSPS) is 30.2. The van der Waals surface area contributed by atoms with Gasteiger partial charge in [-0.25, -0.2) is 0 Å². The average molecular weight is 242 g/mol. The molecule has 1 fully saturated rings. The highest BCUT2D eigenvalue weighted by Gasteiger charge is 2.41. The molecule has 0 aromatic heterocycles. The van der Waals surface area contributed by atoms with Gasteiger partial charge >= 0.3 is 5.97 Å². The number of aliphatic carboxylic acids is 1. The van der Waals surface area contributed by atoms with Crippen LogP contribution in [0.1, 0.15) is 59.8 Å². The molecule has 0 bridgehead atoms. The highest BCUT2D eigenvalue weighted by molar-refractivity contribution is 5.74. The van der Waals surface area contributed by atoms with Crippen molar-refractivity contribution in [2.45, 2.75) is 65.4 Å². The van der Waals surface area contributed by atoms with Crippen molar-refractivity contribution in [3.8, 4) is 0 Å². The molecule has 100 valence electrons. The molecule has 2 unspecified atom stereocenters. The molecule has 0 aliphatic heterocycles. The van der Waals surface area contributed by atoms with Gasteiger partial charge in [0.25, 0.3) is 0 Å². The van der Waals surface area contributed by atoms with E-state index < -0.39 is 11.4 Å². The molecule has 2 atom stereocenters. The van der Waals surface area contributed by atoms with E-state index in [9.17, 15) is 9.90 Å². The van der Waals surface area contributed by atoms with Crippen molar-refractivity contribution in [3.63, 3.8) is 0 Å². The van der Waals surface area contributed by atoms with Crippen molar-refractivity contribution in [1.29, 1.82) is 0 Å². The number of carbonyl (C=O) groups is 1. The molecule has 1 N–H and O–H groups in total. The minimum Gasteiger partial charge on any atom is -0.481 e. The summed E-state index contributed by atoms with van der Waals surface area (Å²) in [7, 11) is 0. The fraction of sp³-hybridized carbons (Fsp3) is 0.929. The lowest BCUT2D eigenvalue weighted by Gasteiger charge is -2.37. The number of hydrogen-bond acceptors (Lipinski definition) is 2. The van der Waals surface area contributed by atoms with Crippen molar-refractivity contribution >= 4 is 5.97 Å². The second kappa shape index (κ2) is 5.38. The van der Waals surface area contributed by atoms with Crippen LogP contribution in [0.5, 0.6) is 0 Å². The molecule has 1 aliphatic carbocycles. The highest BCUT2D eigenvalue weighted by atomic mass is 16.5. The van der Waals surface area contributed by atoms with E-state index >= 15 is 0 Å². The second-order valence-electron chi connectivity index (χ2n) is 6.50. The Morgan fingerprint density at radius 2 is 2.12 bits per heavy atom. The fourth-order valence-corrected chi connectivity index (χ4v) is 2.74. The summed E-state index contributed by atoms with van der Waals surface area (Å²) in [6, 6.07) is 0. The maximum Gasteiger partial charge on any atom is 0.309 e. The van der Waals surface area contributed by atoms with Crippen LogP contribution in [0.2, 0.25) is 0 Å². The lowest BCUT2D eigenvalue weighted by molar-refractivity contribution is -0.154. The smallest absolute Gasteiger partial charge is 0.309 e. The van der Waals surface area contributed by atoms with Gasteiger partial charge in [0.05, 0.1) is 11.0 Å². The van der Waals surface area contributed by atoms with Crippen molar-refractivity contribution < 1.29 is 14.6 Å². The van der Waals surface area contributed by atoms with Crippen molar-refractivity contribution in [3.05, 3.63) is 0 Å². The first kappa shape index (κ1) is 14.5. The molecule has 3 heteroatoms. The van der Waals surface area contributed by atoms with E-state index in [0.29, 0.717) is 18.9 Å². The van der Waals surface area contributed by atoms with E-state index in [2.05, 4.69) is 6.92 Å². The summed E-state index contributed by atoms with van der Waals surface area (Å²) in [4.78, 5) is 11.5. The molecule has 1 aliphatic rings. The molecule has 0 radical (unpaired) electrons. The van der Waals surface area contributed by atoms with Gasteiger partial charge in [0.1, 0.15) is 0 Å². The van der Waals surface area contributed by atoms with E-state index in [4.69, 9.17) is 4.74 Å². The lowest BCUT2D eigenvalue weighted by atomic mass is 9.68. The number of hydrogen-bond donors (Lipinski definition) is 1. The van der Waals surface area contributed by atoms with Crippen LogP contribution in [0.25, 0.3) is 0 Å². The summed E-state index contributed by atoms with van der Waals surface area (Å²) in [6.45, 7) is 8.71. The largest absolute Gasteiger partial charge is 0.481 e. The van der Waals surface area contributed by atoms with Gasteiger partial charge in [-0.05, 0) is 46.0 Å². The summed E-state index contributed by atoms with van der Waals surface area (Å²) < 4.78 is 5.68. The first-order valence-electron chi connectivity index (χ1n) is 6.63. The third-order valence-electron chi connectivity index (χ3n) is 3.66. The number of ether oxygens (including phenoxy) is 1. The Bertz CT molecular complexity index is 267. The minimum atomic E-state index is -0.637. The number of carboxylic acids is 1. The minimum absolute atomic E-state index is 0.181. The molecular weight excluding hydrogens is 216 g/mol. The summed E-state index contributed by atoms with van der Waals surface area (Å²) in [5, 5.41) is 9.48. The van der Waals surface area contributed by atoms with Crippen molar-refractivity contribution in [1.82, 2.24) is 0 Å². The fourth-order valence-electron chi connectivity index (χ4n) is 2.74. The van der Waals surface area contributed by atoms with Gasteiger partial charge in [0.2, 0.25) is 0 Å². The summed E-state index contributed by atoms with van der Waals surface area (Å²) in [5.74, 6) is -0.115. The number of rotatable bonds is 4. The Kier molecular flexibility index (Phi) is 4.59. The molecule has 3 nitrogen and oxygen atoms in total. The van der Waals surface area contributed by atoms with E-state index in [0.717, 1.165) is 25.7 Å². The summed E-state index contributed by atoms with van der Waals surface area (Å²) >= 11 is 0. The van der Waals surface area contributed by atoms with Crippen LogP contribution in [0, 0.1) is 11.3 Å². The van der Waals surface area contributed by atoms with Gasteiger partial charge in [-0.1, -0.05) is 19.8 Å². The van der Waals surface area contributed by atoms with Crippen molar-refractivity contribution in [2.75, 3.05) is 6.61 Å². The van der Waals surface area contributed by atoms with Crippen LogP contribution in [0.3, 0.4) is 0 Å². The van der Waals surface area contributed by atoms with Gasteiger partial charge in [-0.3, -0.25) is 4.79 Å². The molecule has 1 rings (SSSR count). The van der Waals surface area contributed by atoms with Crippen molar-refractivity contribution in [2.24, 2.45) is 11.3 Å². The lowest BCUT2D eigenvalue weighted by Crippen LogP contribution is -2.37. The van der Waals surface area contributed by atoms with Crippen LogP contribution < -0.4 is 0 Å². The third kappa shape index (κ3) is 4.30. The zero-order chi connectivity index (χ0) is 13.1. The summed E-state index contributed by atoms with van der Waals surface area (Å²) in [5.41, 5.74) is -0.719. The zero-order valence-electron chi connectivity index (χ0n) is 11.6. The monoisotopic (exact) mass is 242 g/mol. The molecule has 0 aromatic rings. The molecule has 0 saturated heterocycles. The van der Waals surface area contributed by atoms with Crippen LogP contribution in [0.15, 0.2) is 0 Å². The first-order valence-corrected chi connectivity index (χ1v) is 6.63. The Balaban J connectivity index is 2.57. The van der Waals surface area contributed by atoms with Crippen LogP contribution in [-0.4, -0.2) is 23.3 Å². The molecular formula is C14H26O3. The SMILES string of the molecule is CC1CCCC(CCOC(C)(C)C)(C(=O)O)C1. The molecule has 0 amide bonds. The quantitative estimate of drug-likeness (QED) is 0.821. The van der Waals surface area contributed by atoms with Gasteiger partial charge in [0, 0.05) is 6.61 Å². The van der Waals surface area contributed by atoms with Gasteiger partial charge in [-0.15, -0.1) is 0 Å². The molecule has 17 heavy (non-hydrogen) atoms. The Labute approximate surface area is 105 Å². The number of carboxylic acid groups (broad SMARTS) is 1. The molecule has 0 aromatic carbocycles. The molecule has 0 heterocycles. The van der Waals surface area contributed by atoms with E-state index in [1.54, 1.807) is 0 Å². The predicted molar refractivity (Wildman–Crippen MR) is 68.0 cm³/mol. The molecule has 1 saturated carbocycles. The molecule has 0 spiro atoms. The highest BCUT2D eigenvalue weighted by Crippen LogP contribution is 2.42. The van der Waals surface area contributed by atoms with Crippen LogP contribution in [0.4, 0.5) is 0 Å². The Hall–Kier alpha value is -0.570. The van der Waals surface area contributed by atoms with Gasteiger partial charge in [-0.2, -0.15) is 0 Å². The maximum atomic E-state index is 11.5.